The number of benzene rings is 1. The first-order valence-corrected chi connectivity index (χ1v) is 10.1. The zero-order valence-electron chi connectivity index (χ0n) is 15.0. The highest BCUT2D eigenvalue weighted by Gasteiger charge is 2.21. The monoisotopic (exact) mass is 403 g/mol. The van der Waals surface area contributed by atoms with Gasteiger partial charge < -0.3 is 9.32 Å². The van der Waals surface area contributed by atoms with Gasteiger partial charge in [0.15, 0.2) is 5.69 Å². The Labute approximate surface area is 165 Å². The van der Waals surface area contributed by atoms with Crippen LogP contribution in [0, 0.1) is 13.8 Å². The van der Waals surface area contributed by atoms with Crippen LogP contribution in [0.3, 0.4) is 0 Å². The van der Waals surface area contributed by atoms with E-state index in [-0.39, 0.29) is 11.8 Å². The molecule has 0 N–H and O–H groups in total. The van der Waals surface area contributed by atoms with Gasteiger partial charge in [-0.15, -0.1) is 10.2 Å². The number of hydrogen-bond acceptors (Lipinski definition) is 6. The molecule has 2 aromatic heterocycles. The number of rotatable bonds is 3. The Balaban J connectivity index is 1.61. The van der Waals surface area contributed by atoms with Gasteiger partial charge in [0.25, 0.3) is 11.8 Å². The van der Waals surface area contributed by atoms with Gasteiger partial charge in [-0.25, -0.2) is 4.68 Å². The van der Waals surface area contributed by atoms with Crippen LogP contribution < -0.4 is 0 Å². The van der Waals surface area contributed by atoms with Crippen molar-refractivity contribution in [3.63, 3.8) is 0 Å². The first-order chi connectivity index (χ1) is 13.0. The summed E-state index contributed by atoms with van der Waals surface area (Å²) in [6.07, 6.45) is 0. The van der Waals surface area contributed by atoms with Crippen molar-refractivity contribution in [1.82, 2.24) is 24.9 Å². The zero-order chi connectivity index (χ0) is 19.0. The van der Waals surface area contributed by atoms with Gasteiger partial charge in [-0.1, -0.05) is 11.6 Å². The Morgan fingerprint density at radius 3 is 2.48 bits per heavy atom. The number of aryl methyl sites for hydroxylation is 1. The van der Waals surface area contributed by atoms with Crippen LogP contribution in [-0.2, 0) is 0 Å². The van der Waals surface area contributed by atoms with Crippen LogP contribution in [0.4, 0.5) is 0 Å². The molecular weight excluding hydrogens is 386 g/mol. The summed E-state index contributed by atoms with van der Waals surface area (Å²) in [4.78, 5) is 14.5. The van der Waals surface area contributed by atoms with Crippen LogP contribution in [0.5, 0.6) is 0 Å². The lowest BCUT2D eigenvalue weighted by Gasteiger charge is -2.26. The van der Waals surface area contributed by atoms with Gasteiger partial charge >= 0.3 is 0 Å². The van der Waals surface area contributed by atoms with Crippen LogP contribution in [0.2, 0.25) is 5.02 Å². The molecule has 3 heterocycles. The Kier molecular flexibility index (Phi) is 4.92. The summed E-state index contributed by atoms with van der Waals surface area (Å²) in [7, 11) is 0. The van der Waals surface area contributed by atoms with E-state index in [1.54, 1.807) is 11.6 Å². The molecule has 0 unspecified atom stereocenters. The molecule has 1 aliphatic rings. The summed E-state index contributed by atoms with van der Waals surface area (Å²) in [5.41, 5.74) is 2.69. The van der Waals surface area contributed by atoms with Gasteiger partial charge in [-0.3, -0.25) is 4.79 Å². The van der Waals surface area contributed by atoms with Crippen LogP contribution in [0.15, 0.2) is 28.7 Å². The minimum absolute atomic E-state index is 0.0686. The van der Waals surface area contributed by atoms with E-state index in [0.717, 1.165) is 36.0 Å². The molecule has 0 spiro atoms. The molecule has 1 amide bonds. The predicted octanol–water partition coefficient (Wildman–Crippen LogP) is 3.38. The fourth-order valence-electron chi connectivity index (χ4n) is 2.96. The summed E-state index contributed by atoms with van der Waals surface area (Å²) in [6.45, 7) is 5.18. The standard InChI is InChI=1S/C18H18ClN5O2S/c1-11-15(19)16(17-21-20-12(2)26-17)22-24(11)14-5-3-13(4-6-14)18(25)23-7-9-27-10-8-23/h3-6H,7-10H2,1-2H3. The zero-order valence-corrected chi connectivity index (χ0v) is 16.5. The van der Waals surface area contributed by atoms with Crippen molar-refractivity contribution >= 4 is 29.3 Å². The average Bonchev–Trinajstić information content (AvgIpc) is 3.26. The van der Waals surface area contributed by atoms with E-state index in [1.165, 1.54) is 0 Å². The molecular formula is C18H18ClN5O2S. The van der Waals surface area contributed by atoms with E-state index >= 15 is 0 Å². The smallest absolute Gasteiger partial charge is 0.269 e. The van der Waals surface area contributed by atoms with E-state index < -0.39 is 0 Å². The van der Waals surface area contributed by atoms with Gasteiger partial charge in [0.05, 0.1) is 16.4 Å². The second-order valence-corrected chi connectivity index (χ2v) is 7.84. The fourth-order valence-corrected chi connectivity index (χ4v) is 4.06. The van der Waals surface area contributed by atoms with E-state index in [1.807, 2.05) is 47.9 Å². The normalized spacial score (nSPS) is 14.6. The molecule has 4 rings (SSSR count). The number of carbonyl (C=O) groups excluding carboxylic acids is 1. The summed E-state index contributed by atoms with van der Waals surface area (Å²) in [5.74, 6) is 2.79. The van der Waals surface area contributed by atoms with Crippen molar-refractivity contribution in [3.05, 3.63) is 46.4 Å². The number of halogens is 1. The number of aromatic nitrogens is 4. The molecule has 1 fully saturated rings. The third-order valence-electron chi connectivity index (χ3n) is 4.43. The van der Waals surface area contributed by atoms with Crippen molar-refractivity contribution < 1.29 is 9.21 Å². The molecule has 1 aromatic carbocycles. The quantitative estimate of drug-likeness (QED) is 0.667. The van der Waals surface area contributed by atoms with Gasteiger partial charge in [0.1, 0.15) is 0 Å². The Morgan fingerprint density at radius 2 is 1.85 bits per heavy atom. The van der Waals surface area contributed by atoms with Gasteiger partial charge in [-0.05, 0) is 31.2 Å². The summed E-state index contributed by atoms with van der Waals surface area (Å²) < 4.78 is 7.15. The van der Waals surface area contributed by atoms with Crippen LogP contribution in [0.1, 0.15) is 21.9 Å². The van der Waals surface area contributed by atoms with Gasteiger partial charge in [-0.2, -0.15) is 16.9 Å². The molecule has 0 aliphatic carbocycles. The van der Waals surface area contributed by atoms with Crippen molar-refractivity contribution in [2.24, 2.45) is 0 Å². The number of hydrogen-bond donors (Lipinski definition) is 0. The first kappa shape index (κ1) is 18.1. The molecule has 1 aliphatic heterocycles. The lowest BCUT2D eigenvalue weighted by atomic mass is 10.1. The maximum atomic E-state index is 12.6. The minimum Gasteiger partial charge on any atom is -0.420 e. The van der Waals surface area contributed by atoms with Crippen molar-refractivity contribution in [2.45, 2.75) is 13.8 Å². The molecule has 1 saturated heterocycles. The maximum absolute atomic E-state index is 12.6. The highest BCUT2D eigenvalue weighted by Crippen LogP contribution is 2.30. The van der Waals surface area contributed by atoms with E-state index in [2.05, 4.69) is 15.3 Å². The average molecular weight is 404 g/mol. The Hall–Kier alpha value is -2.32. The summed E-state index contributed by atoms with van der Waals surface area (Å²) >= 11 is 8.30. The number of carbonyl (C=O) groups is 1. The second kappa shape index (κ2) is 7.36. The molecule has 27 heavy (non-hydrogen) atoms. The third-order valence-corrected chi connectivity index (χ3v) is 5.82. The Morgan fingerprint density at radius 1 is 1.15 bits per heavy atom. The maximum Gasteiger partial charge on any atom is 0.269 e. The lowest BCUT2D eigenvalue weighted by molar-refractivity contribution is 0.0772. The van der Waals surface area contributed by atoms with Crippen LogP contribution in [0.25, 0.3) is 17.3 Å². The van der Waals surface area contributed by atoms with E-state index in [4.69, 9.17) is 16.0 Å². The molecule has 0 bridgehead atoms. The van der Waals surface area contributed by atoms with Gasteiger partial charge in [0.2, 0.25) is 5.89 Å². The molecule has 3 aromatic rings. The first-order valence-electron chi connectivity index (χ1n) is 8.57. The highest BCUT2D eigenvalue weighted by atomic mass is 35.5. The molecule has 140 valence electrons. The molecule has 7 nitrogen and oxygen atoms in total. The lowest BCUT2D eigenvalue weighted by Crippen LogP contribution is -2.37. The summed E-state index contributed by atoms with van der Waals surface area (Å²) in [5, 5.41) is 12.8. The van der Waals surface area contributed by atoms with E-state index in [0.29, 0.717) is 22.2 Å². The molecule has 0 saturated carbocycles. The fraction of sp³-hybridized carbons (Fsp3) is 0.333. The Bertz CT molecular complexity index is 976. The SMILES string of the molecule is Cc1nnc(-c2nn(-c3ccc(C(=O)N4CCSCC4)cc3)c(C)c2Cl)o1. The topological polar surface area (TPSA) is 77.1 Å². The minimum atomic E-state index is 0.0686. The van der Waals surface area contributed by atoms with E-state index in [9.17, 15) is 4.79 Å². The molecule has 0 atom stereocenters. The van der Waals surface area contributed by atoms with Crippen molar-refractivity contribution in [3.8, 4) is 17.3 Å². The molecule has 9 heteroatoms. The van der Waals surface area contributed by atoms with Gasteiger partial charge in [0, 0.05) is 37.1 Å². The van der Waals surface area contributed by atoms with Crippen LogP contribution >= 0.6 is 23.4 Å². The number of thioether (sulfide) groups is 1. The molecule has 0 radical (unpaired) electrons. The van der Waals surface area contributed by atoms with Crippen LogP contribution in [-0.4, -0.2) is 55.4 Å². The van der Waals surface area contributed by atoms with Crippen molar-refractivity contribution in [2.75, 3.05) is 24.6 Å². The predicted molar refractivity (Wildman–Crippen MR) is 105 cm³/mol. The third kappa shape index (κ3) is 3.46. The summed E-state index contributed by atoms with van der Waals surface area (Å²) in [6, 6.07) is 7.38. The number of nitrogens with zero attached hydrogens (tertiary/aromatic N) is 5. The number of amides is 1. The van der Waals surface area contributed by atoms with Crippen molar-refractivity contribution in [1.29, 1.82) is 0 Å². The second-order valence-electron chi connectivity index (χ2n) is 6.24. The highest BCUT2D eigenvalue weighted by molar-refractivity contribution is 7.99. The largest absolute Gasteiger partial charge is 0.420 e.